The van der Waals surface area contributed by atoms with E-state index in [1.165, 1.54) is 27.6 Å². The van der Waals surface area contributed by atoms with Crippen molar-refractivity contribution >= 4 is 21.9 Å². The first-order valence-electron chi connectivity index (χ1n) is 8.19. The molecule has 0 bridgehead atoms. The Bertz CT molecular complexity index is 997. The minimum atomic E-state index is 0.951. The number of furan rings is 1. The average molecular weight is 302 g/mol. The van der Waals surface area contributed by atoms with Crippen LogP contribution in [0.4, 0.5) is 0 Å². The van der Waals surface area contributed by atoms with E-state index in [2.05, 4.69) is 67.1 Å². The summed E-state index contributed by atoms with van der Waals surface area (Å²) in [6, 6.07) is 19.0. The fourth-order valence-electron chi connectivity index (χ4n) is 3.34. The lowest BCUT2D eigenvalue weighted by molar-refractivity contribution is -0.686. The predicted molar refractivity (Wildman–Crippen MR) is 94.4 cm³/mol. The summed E-state index contributed by atoms with van der Waals surface area (Å²) in [5.74, 6) is 0. The Morgan fingerprint density at radius 3 is 2.61 bits per heavy atom. The molecule has 2 aromatic heterocycles. The Morgan fingerprint density at radius 2 is 1.74 bits per heavy atom. The van der Waals surface area contributed by atoms with E-state index in [4.69, 9.17) is 4.42 Å². The molecule has 0 saturated carbocycles. The summed E-state index contributed by atoms with van der Waals surface area (Å²) in [5, 5.41) is 2.37. The van der Waals surface area contributed by atoms with Crippen molar-refractivity contribution in [3.8, 4) is 11.3 Å². The van der Waals surface area contributed by atoms with Gasteiger partial charge in [0.05, 0.1) is 5.56 Å². The molecule has 0 aliphatic carbocycles. The van der Waals surface area contributed by atoms with E-state index >= 15 is 0 Å². The number of rotatable bonds is 3. The van der Waals surface area contributed by atoms with Gasteiger partial charge in [-0.1, -0.05) is 37.3 Å². The van der Waals surface area contributed by atoms with Crippen LogP contribution in [-0.2, 0) is 6.54 Å². The third-order valence-corrected chi connectivity index (χ3v) is 4.42. The van der Waals surface area contributed by atoms with Gasteiger partial charge >= 0.3 is 0 Å². The summed E-state index contributed by atoms with van der Waals surface area (Å²) in [5.41, 5.74) is 5.60. The van der Waals surface area contributed by atoms with E-state index in [0.717, 1.165) is 24.1 Å². The summed E-state index contributed by atoms with van der Waals surface area (Å²) in [6.07, 6.45) is 3.26. The molecular weight excluding hydrogens is 282 g/mol. The maximum Gasteiger partial charge on any atom is 0.216 e. The topological polar surface area (TPSA) is 17.0 Å². The fraction of sp³-hybridized carbons (Fsp3) is 0.190. The summed E-state index contributed by atoms with van der Waals surface area (Å²) >= 11 is 0. The molecule has 0 fully saturated rings. The molecule has 0 unspecified atom stereocenters. The Labute approximate surface area is 136 Å². The van der Waals surface area contributed by atoms with E-state index in [9.17, 15) is 0 Å². The van der Waals surface area contributed by atoms with Gasteiger partial charge in [-0.05, 0) is 24.6 Å². The van der Waals surface area contributed by atoms with Crippen LogP contribution >= 0.6 is 0 Å². The zero-order valence-corrected chi connectivity index (χ0v) is 13.5. The number of aryl methyl sites for hydroxylation is 2. The SMILES string of the molecule is CCC[n+]1ccccc1-c1c(C)ccc2c1oc1ccccc12. The summed E-state index contributed by atoms with van der Waals surface area (Å²) in [4.78, 5) is 0. The second-order valence-corrected chi connectivity index (χ2v) is 6.01. The van der Waals surface area contributed by atoms with Gasteiger partial charge in [0.2, 0.25) is 5.69 Å². The second-order valence-electron chi connectivity index (χ2n) is 6.01. The second kappa shape index (κ2) is 5.54. The number of hydrogen-bond acceptors (Lipinski definition) is 1. The Morgan fingerprint density at radius 1 is 0.913 bits per heavy atom. The molecule has 0 spiro atoms. The van der Waals surface area contributed by atoms with Crippen molar-refractivity contribution in [3.63, 3.8) is 0 Å². The molecule has 0 N–H and O–H groups in total. The van der Waals surface area contributed by atoms with Crippen LogP contribution in [0.15, 0.2) is 65.2 Å². The average Bonchev–Trinajstić information content (AvgIpc) is 2.94. The highest BCUT2D eigenvalue weighted by molar-refractivity contribution is 6.09. The van der Waals surface area contributed by atoms with E-state index in [-0.39, 0.29) is 0 Å². The Hall–Kier alpha value is -2.61. The normalized spacial score (nSPS) is 11.4. The maximum atomic E-state index is 6.24. The highest BCUT2D eigenvalue weighted by atomic mass is 16.3. The zero-order valence-electron chi connectivity index (χ0n) is 13.5. The Kier molecular flexibility index (Phi) is 3.38. The number of pyridine rings is 1. The maximum absolute atomic E-state index is 6.24. The standard InChI is InChI=1S/C21H20NO/c1-3-13-22-14-7-6-9-18(22)20-15(2)11-12-17-16-8-4-5-10-19(16)23-21(17)20/h4-12,14H,3,13H2,1-2H3/q+1. The Balaban J connectivity index is 2.09. The number of benzene rings is 2. The van der Waals surface area contributed by atoms with Gasteiger partial charge in [-0.3, -0.25) is 0 Å². The smallest absolute Gasteiger partial charge is 0.216 e. The lowest BCUT2D eigenvalue weighted by Gasteiger charge is -2.07. The lowest BCUT2D eigenvalue weighted by Crippen LogP contribution is -2.35. The molecule has 0 aliphatic rings. The molecule has 4 rings (SSSR count). The minimum absolute atomic E-state index is 0.951. The number of para-hydroxylation sites is 1. The summed E-state index contributed by atoms with van der Waals surface area (Å²) in [6.45, 7) is 5.37. The number of nitrogens with zero attached hydrogens (tertiary/aromatic N) is 1. The van der Waals surface area contributed by atoms with Crippen LogP contribution in [0, 0.1) is 6.92 Å². The van der Waals surface area contributed by atoms with Crippen molar-refractivity contribution < 1.29 is 8.98 Å². The van der Waals surface area contributed by atoms with Gasteiger partial charge in [-0.25, -0.2) is 0 Å². The summed E-state index contributed by atoms with van der Waals surface area (Å²) < 4.78 is 8.55. The van der Waals surface area contributed by atoms with Crippen LogP contribution in [0.25, 0.3) is 33.2 Å². The predicted octanol–water partition coefficient (Wildman–Crippen LogP) is 5.26. The van der Waals surface area contributed by atoms with E-state index in [1.807, 2.05) is 12.1 Å². The highest BCUT2D eigenvalue weighted by Crippen LogP contribution is 2.36. The molecule has 114 valence electrons. The molecule has 2 heterocycles. The first kappa shape index (κ1) is 14.0. The van der Waals surface area contributed by atoms with Crippen molar-refractivity contribution in [2.45, 2.75) is 26.8 Å². The molecule has 2 nitrogen and oxygen atoms in total. The molecule has 0 saturated heterocycles. The molecule has 23 heavy (non-hydrogen) atoms. The quantitative estimate of drug-likeness (QED) is 0.472. The van der Waals surface area contributed by atoms with Crippen LogP contribution in [-0.4, -0.2) is 0 Å². The molecule has 2 aromatic carbocycles. The van der Waals surface area contributed by atoms with Gasteiger partial charge in [0.1, 0.15) is 17.7 Å². The van der Waals surface area contributed by atoms with Gasteiger partial charge in [-0.15, -0.1) is 0 Å². The van der Waals surface area contributed by atoms with Crippen molar-refractivity contribution in [2.75, 3.05) is 0 Å². The molecule has 0 amide bonds. The third-order valence-electron chi connectivity index (χ3n) is 4.42. The molecule has 4 aromatic rings. The monoisotopic (exact) mass is 302 g/mol. The highest BCUT2D eigenvalue weighted by Gasteiger charge is 2.20. The molecule has 2 heteroatoms. The fourth-order valence-corrected chi connectivity index (χ4v) is 3.34. The largest absolute Gasteiger partial charge is 0.455 e. The van der Waals surface area contributed by atoms with Crippen molar-refractivity contribution in [3.05, 3.63) is 66.4 Å². The van der Waals surface area contributed by atoms with Gasteiger partial charge < -0.3 is 4.42 Å². The lowest BCUT2D eigenvalue weighted by atomic mass is 10.0. The zero-order chi connectivity index (χ0) is 15.8. The first-order valence-corrected chi connectivity index (χ1v) is 8.19. The van der Waals surface area contributed by atoms with Crippen LogP contribution in [0.5, 0.6) is 0 Å². The molecular formula is C21H20NO+. The van der Waals surface area contributed by atoms with Crippen LogP contribution < -0.4 is 4.57 Å². The van der Waals surface area contributed by atoms with Crippen LogP contribution in [0.2, 0.25) is 0 Å². The number of fused-ring (bicyclic) bond motifs is 3. The van der Waals surface area contributed by atoms with Gasteiger partial charge in [0, 0.05) is 29.3 Å². The van der Waals surface area contributed by atoms with E-state index < -0.39 is 0 Å². The summed E-state index contributed by atoms with van der Waals surface area (Å²) in [7, 11) is 0. The third kappa shape index (κ3) is 2.22. The molecule has 0 aliphatic heterocycles. The van der Waals surface area contributed by atoms with E-state index in [1.54, 1.807) is 0 Å². The van der Waals surface area contributed by atoms with Gasteiger partial charge in [0.25, 0.3) is 0 Å². The van der Waals surface area contributed by atoms with Crippen molar-refractivity contribution in [1.29, 1.82) is 0 Å². The van der Waals surface area contributed by atoms with Crippen LogP contribution in [0.3, 0.4) is 0 Å². The van der Waals surface area contributed by atoms with Crippen LogP contribution in [0.1, 0.15) is 18.9 Å². The van der Waals surface area contributed by atoms with E-state index in [0.29, 0.717) is 0 Å². The molecule has 0 radical (unpaired) electrons. The van der Waals surface area contributed by atoms with Crippen molar-refractivity contribution in [1.82, 2.24) is 0 Å². The first-order chi connectivity index (χ1) is 11.3. The van der Waals surface area contributed by atoms with Gasteiger partial charge in [0.15, 0.2) is 6.20 Å². The number of hydrogen-bond donors (Lipinski definition) is 0. The van der Waals surface area contributed by atoms with Crippen molar-refractivity contribution in [2.24, 2.45) is 0 Å². The minimum Gasteiger partial charge on any atom is -0.455 e. The van der Waals surface area contributed by atoms with Gasteiger partial charge in [-0.2, -0.15) is 4.57 Å². The number of aromatic nitrogens is 1. The molecule has 0 atom stereocenters.